The number of hydrogen-bond donors (Lipinski definition) is 2. The van der Waals surface area contributed by atoms with Gasteiger partial charge in [-0.05, 0) is 24.3 Å². The van der Waals surface area contributed by atoms with E-state index in [1.807, 2.05) is 37.4 Å². The standard InChI is InChI=1S/C18H15N9O2/c1-27(11-5-3-2-4-6-11)18-24-14(23-17(20)25-18)15-22-16(29-26-15)10-7-8-12(13(19)28)21-9-10/h2-9H,1H3,(H2,19,28)(H2,20,23,24,25). The molecule has 29 heavy (non-hydrogen) atoms. The van der Waals surface area contributed by atoms with E-state index in [-0.39, 0.29) is 29.2 Å². The topological polar surface area (TPSA) is 163 Å². The fourth-order valence-electron chi connectivity index (χ4n) is 2.50. The molecule has 1 amide bonds. The minimum Gasteiger partial charge on any atom is -0.368 e. The lowest BCUT2D eigenvalue weighted by Gasteiger charge is -2.17. The zero-order valence-electron chi connectivity index (χ0n) is 15.2. The number of primary amides is 1. The lowest BCUT2D eigenvalue weighted by Crippen LogP contribution is -2.15. The van der Waals surface area contributed by atoms with Crippen LogP contribution in [0.2, 0.25) is 0 Å². The number of anilines is 3. The Bertz CT molecular complexity index is 1160. The van der Waals surface area contributed by atoms with Gasteiger partial charge in [-0.3, -0.25) is 9.78 Å². The van der Waals surface area contributed by atoms with Gasteiger partial charge in [0.1, 0.15) is 5.69 Å². The summed E-state index contributed by atoms with van der Waals surface area (Å²) in [4.78, 5) is 33.8. The van der Waals surface area contributed by atoms with Crippen LogP contribution < -0.4 is 16.4 Å². The predicted molar refractivity (Wildman–Crippen MR) is 104 cm³/mol. The maximum atomic E-state index is 11.1. The minimum atomic E-state index is -0.626. The Morgan fingerprint density at radius 3 is 2.48 bits per heavy atom. The highest BCUT2D eigenvalue weighted by molar-refractivity contribution is 5.90. The maximum Gasteiger partial charge on any atom is 0.267 e. The van der Waals surface area contributed by atoms with Crippen LogP contribution in [-0.4, -0.2) is 43.0 Å². The molecule has 0 spiro atoms. The third-order valence-electron chi connectivity index (χ3n) is 3.97. The highest BCUT2D eigenvalue weighted by Gasteiger charge is 2.17. The van der Waals surface area contributed by atoms with Crippen molar-refractivity contribution in [2.24, 2.45) is 5.73 Å². The highest BCUT2D eigenvalue weighted by Crippen LogP contribution is 2.24. The van der Waals surface area contributed by atoms with E-state index in [4.69, 9.17) is 16.0 Å². The van der Waals surface area contributed by atoms with Gasteiger partial charge >= 0.3 is 0 Å². The quantitative estimate of drug-likeness (QED) is 0.510. The monoisotopic (exact) mass is 389 g/mol. The van der Waals surface area contributed by atoms with Gasteiger partial charge in [-0.15, -0.1) is 0 Å². The van der Waals surface area contributed by atoms with Crippen LogP contribution in [0.4, 0.5) is 17.6 Å². The Morgan fingerprint density at radius 2 is 1.79 bits per heavy atom. The fourth-order valence-corrected chi connectivity index (χ4v) is 2.50. The first-order valence-electron chi connectivity index (χ1n) is 8.42. The van der Waals surface area contributed by atoms with E-state index in [0.717, 1.165) is 5.69 Å². The molecule has 0 aliphatic carbocycles. The summed E-state index contributed by atoms with van der Waals surface area (Å²) in [6.07, 6.45) is 1.41. The van der Waals surface area contributed by atoms with Gasteiger partial charge in [-0.2, -0.15) is 19.9 Å². The van der Waals surface area contributed by atoms with E-state index in [1.165, 1.54) is 12.3 Å². The number of aromatic nitrogens is 6. The molecule has 4 rings (SSSR count). The average molecular weight is 389 g/mol. The second-order valence-corrected chi connectivity index (χ2v) is 5.93. The number of pyridine rings is 1. The number of carbonyl (C=O) groups excluding carboxylic acids is 1. The summed E-state index contributed by atoms with van der Waals surface area (Å²) in [7, 11) is 1.81. The molecule has 0 saturated carbocycles. The van der Waals surface area contributed by atoms with Crippen LogP contribution in [0.1, 0.15) is 10.5 Å². The molecule has 3 heterocycles. The number of nitrogens with two attached hydrogens (primary N) is 2. The number of nitrogen functional groups attached to an aromatic ring is 1. The number of amides is 1. The van der Waals surface area contributed by atoms with Crippen LogP contribution in [0.3, 0.4) is 0 Å². The Hall–Kier alpha value is -4.41. The van der Waals surface area contributed by atoms with Crippen LogP contribution in [-0.2, 0) is 0 Å². The molecule has 0 fully saturated rings. The zero-order chi connectivity index (χ0) is 20.4. The SMILES string of the molecule is CN(c1ccccc1)c1nc(N)nc(-c2noc(-c3ccc(C(N)=O)nc3)n2)n1. The molecule has 11 heteroatoms. The first-order chi connectivity index (χ1) is 14.0. The smallest absolute Gasteiger partial charge is 0.267 e. The second-order valence-electron chi connectivity index (χ2n) is 5.93. The molecule has 3 aromatic heterocycles. The van der Waals surface area contributed by atoms with E-state index in [1.54, 1.807) is 11.0 Å². The van der Waals surface area contributed by atoms with Crippen LogP contribution in [0.5, 0.6) is 0 Å². The lowest BCUT2D eigenvalue weighted by molar-refractivity contribution is 0.0995. The molecule has 0 aliphatic heterocycles. The largest absolute Gasteiger partial charge is 0.368 e. The molecular formula is C18H15N9O2. The van der Waals surface area contributed by atoms with Crippen LogP contribution >= 0.6 is 0 Å². The normalized spacial score (nSPS) is 10.7. The second kappa shape index (κ2) is 7.31. The summed E-state index contributed by atoms with van der Waals surface area (Å²) in [6.45, 7) is 0. The van der Waals surface area contributed by atoms with Crippen molar-refractivity contribution in [3.05, 3.63) is 54.4 Å². The fraction of sp³-hybridized carbons (Fsp3) is 0.0556. The number of carbonyl (C=O) groups is 1. The van der Waals surface area contributed by atoms with Gasteiger partial charge in [0.25, 0.3) is 11.8 Å². The van der Waals surface area contributed by atoms with Gasteiger partial charge in [0, 0.05) is 18.9 Å². The van der Waals surface area contributed by atoms with Crippen molar-refractivity contribution in [3.63, 3.8) is 0 Å². The van der Waals surface area contributed by atoms with Gasteiger partial charge in [-0.25, -0.2) is 0 Å². The first-order valence-corrected chi connectivity index (χ1v) is 8.42. The molecule has 0 saturated heterocycles. The van der Waals surface area contributed by atoms with Crippen LogP contribution in [0.25, 0.3) is 23.1 Å². The summed E-state index contributed by atoms with van der Waals surface area (Å²) in [5.74, 6) is 0.200. The van der Waals surface area contributed by atoms with Crippen LogP contribution in [0, 0.1) is 0 Å². The number of benzene rings is 1. The molecule has 0 aliphatic rings. The highest BCUT2D eigenvalue weighted by atomic mass is 16.5. The molecular weight excluding hydrogens is 374 g/mol. The van der Waals surface area contributed by atoms with Gasteiger partial charge < -0.3 is 20.9 Å². The number of para-hydroxylation sites is 1. The molecule has 0 atom stereocenters. The van der Waals surface area contributed by atoms with Crippen molar-refractivity contribution in [1.29, 1.82) is 0 Å². The number of rotatable bonds is 5. The summed E-state index contributed by atoms with van der Waals surface area (Å²) in [5.41, 5.74) is 12.5. The van der Waals surface area contributed by atoms with Gasteiger partial charge in [-0.1, -0.05) is 23.4 Å². The molecule has 0 radical (unpaired) electrons. The molecule has 144 valence electrons. The average Bonchev–Trinajstić information content (AvgIpc) is 3.24. The Balaban J connectivity index is 1.66. The lowest BCUT2D eigenvalue weighted by atomic mass is 10.2. The molecule has 0 bridgehead atoms. The molecule has 11 nitrogen and oxygen atoms in total. The molecule has 4 aromatic rings. The molecule has 0 unspecified atom stereocenters. The van der Waals surface area contributed by atoms with Gasteiger partial charge in [0.15, 0.2) is 0 Å². The van der Waals surface area contributed by atoms with Crippen molar-refractivity contribution in [2.75, 3.05) is 17.7 Å². The summed E-state index contributed by atoms with van der Waals surface area (Å²) in [5, 5.41) is 3.90. The number of nitrogens with zero attached hydrogens (tertiary/aromatic N) is 7. The van der Waals surface area contributed by atoms with E-state index in [0.29, 0.717) is 11.5 Å². The third-order valence-corrected chi connectivity index (χ3v) is 3.97. The first kappa shape index (κ1) is 18.0. The van der Waals surface area contributed by atoms with Crippen LogP contribution in [0.15, 0.2) is 53.2 Å². The summed E-state index contributed by atoms with van der Waals surface area (Å²) >= 11 is 0. The van der Waals surface area contributed by atoms with E-state index < -0.39 is 5.91 Å². The minimum absolute atomic E-state index is 0.0200. The van der Waals surface area contributed by atoms with Crippen molar-refractivity contribution < 1.29 is 9.32 Å². The number of hydrogen-bond acceptors (Lipinski definition) is 10. The maximum absolute atomic E-state index is 11.1. The van der Waals surface area contributed by atoms with Crippen molar-refractivity contribution in [2.45, 2.75) is 0 Å². The Labute approximate surface area is 164 Å². The Kier molecular flexibility index (Phi) is 4.53. The summed E-state index contributed by atoms with van der Waals surface area (Å²) in [6, 6.07) is 12.6. The van der Waals surface area contributed by atoms with Crippen molar-refractivity contribution in [1.82, 2.24) is 30.1 Å². The van der Waals surface area contributed by atoms with Crippen molar-refractivity contribution >= 4 is 23.5 Å². The molecule has 4 N–H and O–H groups in total. The third kappa shape index (κ3) is 3.69. The van der Waals surface area contributed by atoms with Crippen molar-refractivity contribution in [3.8, 4) is 23.1 Å². The molecule has 1 aromatic carbocycles. The zero-order valence-corrected chi connectivity index (χ0v) is 15.2. The predicted octanol–water partition coefficient (Wildman–Crippen LogP) is 1.43. The van der Waals surface area contributed by atoms with E-state index >= 15 is 0 Å². The van der Waals surface area contributed by atoms with Gasteiger partial charge in [0.05, 0.1) is 5.56 Å². The Morgan fingerprint density at radius 1 is 1.00 bits per heavy atom. The van der Waals surface area contributed by atoms with E-state index in [2.05, 4.69) is 30.1 Å². The summed E-state index contributed by atoms with van der Waals surface area (Å²) < 4.78 is 5.26. The van der Waals surface area contributed by atoms with E-state index in [9.17, 15) is 4.79 Å². The van der Waals surface area contributed by atoms with Gasteiger partial charge in [0.2, 0.25) is 23.5 Å².